The number of hydrogen-bond donors (Lipinski definition) is 1. The van der Waals surface area contributed by atoms with Crippen molar-refractivity contribution in [1.82, 2.24) is 4.98 Å². The summed E-state index contributed by atoms with van der Waals surface area (Å²) in [7, 11) is 0. The standard InChI is InChI=1S/C22H18N2/c1-15(2)24-20-12-11-16-7-3-5-9-18(16)21(20)22-19-10-6-4-8-17(19)13-14-23-22/h3-14,24H,1H2,2H3. The molecule has 0 aliphatic heterocycles. The number of benzene rings is 3. The summed E-state index contributed by atoms with van der Waals surface area (Å²) in [5, 5.41) is 8.13. The van der Waals surface area contributed by atoms with Crippen molar-refractivity contribution < 1.29 is 0 Å². The topological polar surface area (TPSA) is 24.9 Å². The molecule has 3 aromatic carbocycles. The Morgan fingerprint density at radius 3 is 2.25 bits per heavy atom. The minimum atomic E-state index is 0.909. The van der Waals surface area contributed by atoms with Crippen LogP contribution in [0.15, 0.2) is 85.2 Å². The van der Waals surface area contributed by atoms with Crippen LogP contribution in [0.5, 0.6) is 0 Å². The second-order valence-corrected chi connectivity index (χ2v) is 6.00. The van der Waals surface area contributed by atoms with E-state index in [-0.39, 0.29) is 0 Å². The van der Waals surface area contributed by atoms with Gasteiger partial charge >= 0.3 is 0 Å². The zero-order valence-electron chi connectivity index (χ0n) is 13.6. The van der Waals surface area contributed by atoms with Crippen LogP contribution in [-0.4, -0.2) is 4.98 Å². The summed E-state index contributed by atoms with van der Waals surface area (Å²) in [4.78, 5) is 4.73. The van der Waals surface area contributed by atoms with Gasteiger partial charge in [0, 0.05) is 28.5 Å². The Kier molecular flexibility index (Phi) is 3.51. The molecule has 0 fully saturated rings. The van der Waals surface area contributed by atoms with Crippen LogP contribution < -0.4 is 5.32 Å². The normalized spacial score (nSPS) is 10.9. The lowest BCUT2D eigenvalue weighted by Gasteiger charge is -2.16. The van der Waals surface area contributed by atoms with Gasteiger partial charge in [-0.2, -0.15) is 0 Å². The molecule has 0 aliphatic carbocycles. The average molecular weight is 310 g/mol. The summed E-state index contributed by atoms with van der Waals surface area (Å²) >= 11 is 0. The highest BCUT2D eigenvalue weighted by molar-refractivity contribution is 6.08. The van der Waals surface area contributed by atoms with E-state index in [1.165, 1.54) is 16.2 Å². The van der Waals surface area contributed by atoms with Gasteiger partial charge in [-0.3, -0.25) is 4.98 Å². The van der Waals surface area contributed by atoms with Gasteiger partial charge in [0.15, 0.2) is 0 Å². The summed E-state index contributed by atoms with van der Waals surface area (Å²) in [6.07, 6.45) is 1.88. The second kappa shape index (κ2) is 5.82. The number of nitrogens with zero attached hydrogens (tertiary/aromatic N) is 1. The molecule has 0 saturated carbocycles. The van der Waals surface area contributed by atoms with E-state index in [1.807, 2.05) is 13.1 Å². The molecular formula is C22H18N2. The van der Waals surface area contributed by atoms with Crippen molar-refractivity contribution in [2.24, 2.45) is 0 Å². The maximum Gasteiger partial charge on any atom is 0.0807 e. The minimum absolute atomic E-state index is 0.909. The third-order valence-electron chi connectivity index (χ3n) is 4.19. The van der Waals surface area contributed by atoms with Crippen LogP contribution in [0.3, 0.4) is 0 Å². The molecule has 2 nitrogen and oxygen atoms in total. The van der Waals surface area contributed by atoms with Gasteiger partial charge in [-0.1, -0.05) is 61.2 Å². The molecule has 1 heterocycles. The molecule has 2 heteroatoms. The first-order chi connectivity index (χ1) is 11.7. The van der Waals surface area contributed by atoms with E-state index in [9.17, 15) is 0 Å². The number of aromatic nitrogens is 1. The monoisotopic (exact) mass is 310 g/mol. The predicted molar refractivity (Wildman–Crippen MR) is 103 cm³/mol. The smallest absolute Gasteiger partial charge is 0.0807 e. The fraction of sp³-hybridized carbons (Fsp3) is 0.0455. The molecular weight excluding hydrogens is 292 g/mol. The first-order valence-electron chi connectivity index (χ1n) is 8.02. The SMILES string of the molecule is C=C(C)Nc1ccc2ccccc2c1-c1nccc2ccccc12. The van der Waals surface area contributed by atoms with Gasteiger partial charge < -0.3 is 5.32 Å². The second-order valence-electron chi connectivity index (χ2n) is 6.00. The number of fused-ring (bicyclic) bond motifs is 2. The Morgan fingerprint density at radius 2 is 1.50 bits per heavy atom. The molecule has 0 saturated heterocycles. The Hall–Kier alpha value is -3.13. The van der Waals surface area contributed by atoms with E-state index in [0.29, 0.717) is 0 Å². The summed E-state index contributed by atoms with van der Waals surface area (Å²) < 4.78 is 0. The van der Waals surface area contributed by atoms with Crippen molar-refractivity contribution in [3.8, 4) is 11.3 Å². The van der Waals surface area contributed by atoms with Crippen molar-refractivity contribution in [1.29, 1.82) is 0 Å². The number of rotatable bonds is 3. The van der Waals surface area contributed by atoms with Gasteiger partial charge in [0.25, 0.3) is 0 Å². The zero-order valence-corrected chi connectivity index (χ0v) is 13.6. The quantitative estimate of drug-likeness (QED) is 0.502. The lowest BCUT2D eigenvalue weighted by molar-refractivity contribution is 1.35. The fourth-order valence-electron chi connectivity index (χ4n) is 3.18. The number of hydrogen-bond acceptors (Lipinski definition) is 2. The summed E-state index contributed by atoms with van der Waals surface area (Å²) in [6.45, 7) is 5.96. The zero-order chi connectivity index (χ0) is 16.5. The molecule has 24 heavy (non-hydrogen) atoms. The molecule has 0 aliphatic rings. The molecule has 116 valence electrons. The van der Waals surface area contributed by atoms with Crippen LogP contribution in [0.25, 0.3) is 32.8 Å². The van der Waals surface area contributed by atoms with Gasteiger partial charge in [0.2, 0.25) is 0 Å². The molecule has 0 unspecified atom stereocenters. The number of allylic oxidation sites excluding steroid dienone is 1. The van der Waals surface area contributed by atoms with E-state index in [1.54, 1.807) is 0 Å². The molecule has 0 amide bonds. The fourth-order valence-corrected chi connectivity index (χ4v) is 3.18. The number of anilines is 1. The molecule has 0 atom stereocenters. The highest BCUT2D eigenvalue weighted by Crippen LogP contribution is 2.38. The molecule has 4 rings (SSSR count). The average Bonchev–Trinajstić information content (AvgIpc) is 2.61. The maximum absolute atomic E-state index is 4.73. The van der Waals surface area contributed by atoms with E-state index in [4.69, 9.17) is 4.98 Å². The third-order valence-corrected chi connectivity index (χ3v) is 4.19. The Labute approximate surface area is 141 Å². The Morgan fingerprint density at radius 1 is 0.833 bits per heavy atom. The van der Waals surface area contributed by atoms with Gasteiger partial charge in [-0.05, 0) is 35.2 Å². The first kappa shape index (κ1) is 14.5. The summed E-state index contributed by atoms with van der Waals surface area (Å²) in [5.41, 5.74) is 4.05. The van der Waals surface area contributed by atoms with Gasteiger partial charge in [0.1, 0.15) is 0 Å². The van der Waals surface area contributed by atoms with E-state index >= 15 is 0 Å². The molecule has 1 N–H and O–H groups in total. The summed E-state index contributed by atoms with van der Waals surface area (Å²) in [5.74, 6) is 0. The molecule has 0 radical (unpaired) electrons. The number of nitrogens with one attached hydrogen (secondary N) is 1. The van der Waals surface area contributed by atoms with Crippen LogP contribution in [0.1, 0.15) is 6.92 Å². The molecule has 4 aromatic rings. The van der Waals surface area contributed by atoms with Crippen molar-refractivity contribution in [3.05, 3.63) is 85.2 Å². The van der Waals surface area contributed by atoms with Crippen LogP contribution in [-0.2, 0) is 0 Å². The van der Waals surface area contributed by atoms with Crippen molar-refractivity contribution in [2.45, 2.75) is 6.92 Å². The summed E-state index contributed by atoms with van der Waals surface area (Å²) in [6, 6.07) is 23.1. The van der Waals surface area contributed by atoms with Crippen molar-refractivity contribution in [2.75, 3.05) is 5.32 Å². The third kappa shape index (κ3) is 2.42. The molecule has 0 spiro atoms. The lowest BCUT2D eigenvalue weighted by Crippen LogP contribution is -1.98. The predicted octanol–water partition coefficient (Wildman–Crippen LogP) is 6.00. The maximum atomic E-state index is 4.73. The van der Waals surface area contributed by atoms with Crippen LogP contribution >= 0.6 is 0 Å². The van der Waals surface area contributed by atoms with E-state index in [0.717, 1.165) is 28.0 Å². The van der Waals surface area contributed by atoms with E-state index < -0.39 is 0 Å². The Bertz CT molecular complexity index is 1060. The van der Waals surface area contributed by atoms with Crippen molar-refractivity contribution in [3.63, 3.8) is 0 Å². The van der Waals surface area contributed by atoms with Gasteiger partial charge in [-0.25, -0.2) is 0 Å². The largest absolute Gasteiger partial charge is 0.359 e. The minimum Gasteiger partial charge on any atom is -0.359 e. The van der Waals surface area contributed by atoms with E-state index in [2.05, 4.69) is 78.6 Å². The lowest BCUT2D eigenvalue weighted by atomic mass is 9.96. The van der Waals surface area contributed by atoms with Gasteiger partial charge in [-0.15, -0.1) is 0 Å². The van der Waals surface area contributed by atoms with Crippen molar-refractivity contribution >= 4 is 27.2 Å². The first-order valence-corrected chi connectivity index (χ1v) is 8.02. The van der Waals surface area contributed by atoms with Gasteiger partial charge in [0.05, 0.1) is 5.69 Å². The van der Waals surface area contributed by atoms with Crippen LogP contribution in [0.2, 0.25) is 0 Å². The number of pyridine rings is 1. The highest BCUT2D eigenvalue weighted by Gasteiger charge is 2.14. The van der Waals surface area contributed by atoms with Crippen LogP contribution in [0.4, 0.5) is 5.69 Å². The molecule has 0 bridgehead atoms. The molecule has 1 aromatic heterocycles. The van der Waals surface area contributed by atoms with Crippen LogP contribution in [0, 0.1) is 0 Å². The highest BCUT2D eigenvalue weighted by atomic mass is 14.9. The Balaban J connectivity index is 2.12.